The van der Waals surface area contributed by atoms with Crippen LogP contribution in [0.3, 0.4) is 0 Å². The second kappa shape index (κ2) is 10.4. The van der Waals surface area contributed by atoms with Gasteiger partial charge in [0.15, 0.2) is 0 Å². The molecule has 0 aliphatic carbocycles. The number of hydrogen-bond acceptors (Lipinski definition) is 4. The van der Waals surface area contributed by atoms with E-state index in [1.54, 1.807) is 0 Å². The largest absolute Gasteiger partial charge is 0.355 e. The number of nitrogens with one attached hydrogen (secondary N) is 2. The number of rotatable bonds is 6. The first kappa shape index (κ1) is 19.7. The minimum Gasteiger partial charge on any atom is -0.355 e. The highest BCUT2D eigenvalue weighted by Crippen LogP contribution is 2.23. The van der Waals surface area contributed by atoms with E-state index in [0.717, 1.165) is 39.1 Å². The van der Waals surface area contributed by atoms with Gasteiger partial charge >= 0.3 is 0 Å². The maximum atomic E-state index is 11.4. The van der Waals surface area contributed by atoms with Gasteiger partial charge in [0.25, 0.3) is 0 Å². The molecule has 0 saturated heterocycles. The molecule has 1 amide bonds. The highest BCUT2D eigenvalue weighted by Gasteiger charge is 2.16. The fraction of sp³-hybridized carbons (Fsp3) is 0.615. The monoisotopic (exact) mass is 339 g/mol. The lowest BCUT2D eigenvalue weighted by Gasteiger charge is -2.26. The molecule has 0 fully saturated rings. The average Bonchev–Trinajstić information content (AvgIpc) is 2.83. The molecule has 0 bridgehead atoms. The zero-order chi connectivity index (χ0) is 12.8. The van der Waals surface area contributed by atoms with Crippen molar-refractivity contribution >= 4 is 42.1 Å². The standard InChI is InChI=1S/C13H21N3OS.2ClH/c1-14-5-2-13(17)15-6-8-16-7-3-12-11(10-16)4-9-18-12;;/h4,9,14H,2-3,5-8,10H2,1H3,(H,15,17);2*1H. The molecule has 2 heterocycles. The first-order valence-electron chi connectivity index (χ1n) is 6.48. The summed E-state index contributed by atoms with van der Waals surface area (Å²) < 4.78 is 0. The molecular weight excluding hydrogens is 317 g/mol. The molecule has 0 aromatic carbocycles. The normalized spacial score (nSPS) is 13.8. The van der Waals surface area contributed by atoms with Gasteiger partial charge in [0.2, 0.25) is 5.91 Å². The van der Waals surface area contributed by atoms with Crippen molar-refractivity contribution in [2.24, 2.45) is 0 Å². The lowest BCUT2D eigenvalue weighted by molar-refractivity contribution is -0.121. The summed E-state index contributed by atoms with van der Waals surface area (Å²) in [6.07, 6.45) is 1.71. The zero-order valence-electron chi connectivity index (χ0n) is 11.7. The van der Waals surface area contributed by atoms with Gasteiger partial charge in [0, 0.05) is 44.0 Å². The molecule has 4 nitrogen and oxygen atoms in total. The van der Waals surface area contributed by atoms with Crippen LogP contribution >= 0.6 is 36.2 Å². The van der Waals surface area contributed by atoms with E-state index in [4.69, 9.17) is 0 Å². The number of fused-ring (bicyclic) bond motifs is 1. The molecule has 1 aromatic heterocycles. The van der Waals surface area contributed by atoms with Crippen molar-refractivity contribution in [3.8, 4) is 0 Å². The predicted molar refractivity (Wildman–Crippen MR) is 89.3 cm³/mol. The van der Waals surface area contributed by atoms with Gasteiger partial charge in [-0.05, 0) is 30.5 Å². The first-order chi connectivity index (χ1) is 8.79. The SMILES string of the molecule is CNCCC(=O)NCCN1CCc2sccc2C1.Cl.Cl. The van der Waals surface area contributed by atoms with Crippen LogP contribution in [0.15, 0.2) is 11.4 Å². The van der Waals surface area contributed by atoms with Gasteiger partial charge < -0.3 is 10.6 Å². The summed E-state index contributed by atoms with van der Waals surface area (Å²) in [4.78, 5) is 15.4. The van der Waals surface area contributed by atoms with Crippen LogP contribution in [0, 0.1) is 0 Å². The lowest BCUT2D eigenvalue weighted by Crippen LogP contribution is -2.37. The highest BCUT2D eigenvalue weighted by molar-refractivity contribution is 7.10. The molecule has 0 radical (unpaired) electrons. The van der Waals surface area contributed by atoms with Crippen molar-refractivity contribution in [1.82, 2.24) is 15.5 Å². The maximum Gasteiger partial charge on any atom is 0.221 e. The third-order valence-electron chi connectivity index (χ3n) is 3.24. The van der Waals surface area contributed by atoms with Crippen LogP contribution in [0.1, 0.15) is 16.9 Å². The van der Waals surface area contributed by atoms with Gasteiger partial charge in [-0.3, -0.25) is 9.69 Å². The molecule has 2 N–H and O–H groups in total. The quantitative estimate of drug-likeness (QED) is 0.828. The maximum absolute atomic E-state index is 11.4. The Hall–Kier alpha value is -0.330. The molecule has 0 spiro atoms. The summed E-state index contributed by atoms with van der Waals surface area (Å²) in [6.45, 7) is 4.58. The molecule has 2 rings (SSSR count). The van der Waals surface area contributed by atoms with Crippen molar-refractivity contribution < 1.29 is 4.79 Å². The van der Waals surface area contributed by atoms with E-state index in [0.29, 0.717) is 6.42 Å². The number of halogens is 2. The number of hydrogen-bond donors (Lipinski definition) is 2. The van der Waals surface area contributed by atoms with Gasteiger partial charge in [-0.25, -0.2) is 0 Å². The minimum absolute atomic E-state index is 0. The van der Waals surface area contributed by atoms with Crippen molar-refractivity contribution in [3.63, 3.8) is 0 Å². The molecule has 0 unspecified atom stereocenters. The summed E-state index contributed by atoms with van der Waals surface area (Å²) in [5, 5.41) is 8.12. The van der Waals surface area contributed by atoms with Crippen LogP contribution in [0.4, 0.5) is 0 Å². The third-order valence-corrected chi connectivity index (χ3v) is 4.26. The highest BCUT2D eigenvalue weighted by atomic mass is 35.5. The van der Waals surface area contributed by atoms with Crippen molar-refractivity contribution in [2.45, 2.75) is 19.4 Å². The molecule has 20 heavy (non-hydrogen) atoms. The first-order valence-corrected chi connectivity index (χ1v) is 7.36. The number of carbonyl (C=O) groups excluding carboxylic acids is 1. The van der Waals surface area contributed by atoms with Crippen LogP contribution in [-0.4, -0.2) is 44.0 Å². The summed E-state index contributed by atoms with van der Waals surface area (Å²) in [5.74, 6) is 0.137. The van der Waals surface area contributed by atoms with E-state index in [1.807, 2.05) is 18.4 Å². The summed E-state index contributed by atoms with van der Waals surface area (Å²) in [6, 6.07) is 2.22. The molecule has 1 aliphatic rings. The molecule has 1 aromatic rings. The third kappa shape index (κ3) is 5.97. The van der Waals surface area contributed by atoms with Crippen molar-refractivity contribution in [2.75, 3.05) is 33.2 Å². The number of carbonyl (C=O) groups is 1. The van der Waals surface area contributed by atoms with Gasteiger partial charge in [-0.1, -0.05) is 0 Å². The van der Waals surface area contributed by atoms with E-state index >= 15 is 0 Å². The summed E-state index contributed by atoms with van der Waals surface area (Å²) in [7, 11) is 1.86. The second-order valence-electron chi connectivity index (χ2n) is 4.60. The zero-order valence-corrected chi connectivity index (χ0v) is 14.1. The van der Waals surface area contributed by atoms with Gasteiger partial charge in [0.05, 0.1) is 0 Å². The molecule has 1 aliphatic heterocycles. The van der Waals surface area contributed by atoms with Gasteiger partial charge in [-0.15, -0.1) is 36.2 Å². The Morgan fingerprint density at radius 2 is 2.20 bits per heavy atom. The van der Waals surface area contributed by atoms with Gasteiger partial charge in [-0.2, -0.15) is 0 Å². The second-order valence-corrected chi connectivity index (χ2v) is 5.60. The van der Waals surface area contributed by atoms with Gasteiger partial charge in [0.1, 0.15) is 0 Å². The number of thiophene rings is 1. The Balaban J connectivity index is 0.00000180. The smallest absolute Gasteiger partial charge is 0.221 e. The van der Waals surface area contributed by atoms with E-state index in [-0.39, 0.29) is 30.7 Å². The Bertz CT molecular complexity index is 401. The average molecular weight is 340 g/mol. The van der Waals surface area contributed by atoms with Crippen molar-refractivity contribution in [1.29, 1.82) is 0 Å². The Labute approximate surface area is 137 Å². The Morgan fingerprint density at radius 1 is 1.40 bits per heavy atom. The summed E-state index contributed by atoms with van der Waals surface area (Å²) in [5.41, 5.74) is 1.47. The van der Waals surface area contributed by atoms with E-state index < -0.39 is 0 Å². The number of amides is 1. The van der Waals surface area contributed by atoms with Crippen LogP contribution in [0.2, 0.25) is 0 Å². The lowest BCUT2D eigenvalue weighted by atomic mass is 10.1. The molecule has 0 saturated carbocycles. The topological polar surface area (TPSA) is 44.4 Å². The minimum atomic E-state index is 0. The van der Waals surface area contributed by atoms with Crippen LogP contribution in [-0.2, 0) is 17.8 Å². The van der Waals surface area contributed by atoms with Crippen LogP contribution in [0.5, 0.6) is 0 Å². The molecular formula is C13H23Cl2N3OS. The van der Waals surface area contributed by atoms with E-state index in [9.17, 15) is 4.79 Å². The predicted octanol–water partition coefficient (Wildman–Crippen LogP) is 1.68. The molecule has 116 valence electrons. The van der Waals surface area contributed by atoms with E-state index in [2.05, 4.69) is 27.0 Å². The van der Waals surface area contributed by atoms with Crippen LogP contribution < -0.4 is 10.6 Å². The fourth-order valence-electron chi connectivity index (χ4n) is 2.18. The molecule has 7 heteroatoms. The van der Waals surface area contributed by atoms with Crippen LogP contribution in [0.25, 0.3) is 0 Å². The molecule has 0 atom stereocenters. The fourth-order valence-corrected chi connectivity index (χ4v) is 3.07. The Kier molecular flexibility index (Phi) is 10.2. The Morgan fingerprint density at radius 3 is 2.95 bits per heavy atom. The number of nitrogens with zero attached hydrogens (tertiary/aromatic N) is 1. The summed E-state index contributed by atoms with van der Waals surface area (Å²) >= 11 is 1.86. The van der Waals surface area contributed by atoms with Crippen molar-refractivity contribution in [3.05, 3.63) is 21.9 Å². The van der Waals surface area contributed by atoms with E-state index in [1.165, 1.54) is 10.4 Å².